The zero-order valence-corrected chi connectivity index (χ0v) is 12.1. The lowest BCUT2D eigenvalue weighted by atomic mass is 9.99. The van der Waals surface area contributed by atoms with Gasteiger partial charge in [0.2, 0.25) is 10.0 Å². The van der Waals surface area contributed by atoms with Crippen molar-refractivity contribution in [2.75, 3.05) is 6.54 Å². The fourth-order valence-electron chi connectivity index (χ4n) is 2.39. The Morgan fingerprint density at radius 2 is 2.28 bits per heavy atom. The van der Waals surface area contributed by atoms with Gasteiger partial charge in [0.05, 0.1) is 6.61 Å². The summed E-state index contributed by atoms with van der Waals surface area (Å²) < 4.78 is 27.1. The summed E-state index contributed by atoms with van der Waals surface area (Å²) in [7, 11) is -3.40. The van der Waals surface area contributed by atoms with Crippen LogP contribution in [0.15, 0.2) is 15.7 Å². The van der Waals surface area contributed by atoms with Crippen molar-refractivity contribution < 1.29 is 13.5 Å². The molecule has 0 aromatic carbocycles. The Kier molecular flexibility index (Phi) is 4.42. The first-order chi connectivity index (χ1) is 8.53. The van der Waals surface area contributed by atoms with Crippen molar-refractivity contribution >= 4 is 21.4 Å². The second-order valence-corrected chi connectivity index (χ2v) is 7.86. The van der Waals surface area contributed by atoms with Crippen molar-refractivity contribution in [2.45, 2.75) is 37.0 Å². The summed E-state index contributed by atoms with van der Waals surface area (Å²) in [6.45, 7) is 2.59. The Balaban J connectivity index is 1.98. The standard InChI is InChI=1S/C12H19NO3S2/c1-9-3-2-4-11(9)6-13-18(15,16)12-5-10(7-14)8-17-12/h5,8-9,11,13-14H,2-4,6-7H2,1H3. The van der Waals surface area contributed by atoms with Crippen LogP contribution >= 0.6 is 11.3 Å². The van der Waals surface area contributed by atoms with Crippen LogP contribution < -0.4 is 4.72 Å². The third-order valence-electron chi connectivity index (χ3n) is 3.65. The molecule has 0 amide bonds. The van der Waals surface area contributed by atoms with Gasteiger partial charge < -0.3 is 5.11 Å². The first-order valence-corrected chi connectivity index (χ1v) is 8.57. The van der Waals surface area contributed by atoms with Gasteiger partial charge in [-0.25, -0.2) is 13.1 Å². The summed E-state index contributed by atoms with van der Waals surface area (Å²) in [4.78, 5) is 0. The first-order valence-electron chi connectivity index (χ1n) is 6.21. The fraction of sp³-hybridized carbons (Fsp3) is 0.667. The minimum Gasteiger partial charge on any atom is -0.392 e. The van der Waals surface area contributed by atoms with Crippen molar-refractivity contribution in [1.29, 1.82) is 0 Å². The predicted molar refractivity (Wildman–Crippen MR) is 71.9 cm³/mol. The molecule has 0 radical (unpaired) electrons. The minimum atomic E-state index is -3.40. The Hall–Kier alpha value is -0.430. The van der Waals surface area contributed by atoms with E-state index in [2.05, 4.69) is 11.6 Å². The number of hydrogen-bond donors (Lipinski definition) is 2. The van der Waals surface area contributed by atoms with Gasteiger partial charge >= 0.3 is 0 Å². The smallest absolute Gasteiger partial charge is 0.250 e. The van der Waals surface area contributed by atoms with E-state index < -0.39 is 10.0 Å². The van der Waals surface area contributed by atoms with E-state index >= 15 is 0 Å². The molecule has 2 N–H and O–H groups in total. The molecule has 1 saturated carbocycles. The molecule has 0 bridgehead atoms. The molecule has 1 aromatic rings. The molecule has 1 fully saturated rings. The maximum atomic E-state index is 12.0. The van der Waals surface area contributed by atoms with E-state index in [1.807, 2.05) is 0 Å². The molecule has 0 aliphatic heterocycles. The van der Waals surface area contributed by atoms with Crippen LogP contribution in [-0.2, 0) is 16.6 Å². The predicted octanol–water partition coefficient (Wildman–Crippen LogP) is 1.95. The van der Waals surface area contributed by atoms with Gasteiger partial charge in [0, 0.05) is 6.54 Å². The number of hydrogen-bond acceptors (Lipinski definition) is 4. The van der Waals surface area contributed by atoms with Gasteiger partial charge in [-0.05, 0) is 35.3 Å². The number of sulfonamides is 1. The molecule has 6 heteroatoms. The zero-order chi connectivity index (χ0) is 13.2. The molecule has 1 aliphatic rings. The average molecular weight is 289 g/mol. The molecule has 1 aromatic heterocycles. The van der Waals surface area contributed by atoms with Gasteiger partial charge in [0.25, 0.3) is 0 Å². The van der Waals surface area contributed by atoms with Crippen LogP contribution in [0.1, 0.15) is 31.7 Å². The summed E-state index contributed by atoms with van der Waals surface area (Å²) in [6.07, 6.45) is 3.50. The summed E-state index contributed by atoms with van der Waals surface area (Å²) in [6, 6.07) is 1.53. The highest BCUT2D eigenvalue weighted by molar-refractivity contribution is 7.91. The van der Waals surface area contributed by atoms with Gasteiger partial charge in [0.1, 0.15) is 4.21 Å². The highest BCUT2D eigenvalue weighted by atomic mass is 32.2. The molecule has 2 unspecified atom stereocenters. The molecule has 0 saturated heterocycles. The third-order valence-corrected chi connectivity index (χ3v) is 6.56. The van der Waals surface area contributed by atoms with Gasteiger partial charge in [-0.3, -0.25) is 0 Å². The molecule has 102 valence electrons. The molecule has 4 nitrogen and oxygen atoms in total. The van der Waals surface area contributed by atoms with Crippen LogP contribution in [-0.4, -0.2) is 20.1 Å². The quantitative estimate of drug-likeness (QED) is 0.870. The molecule has 1 heterocycles. The van der Waals surface area contributed by atoms with E-state index in [4.69, 9.17) is 5.11 Å². The Morgan fingerprint density at radius 1 is 1.50 bits per heavy atom. The van der Waals surface area contributed by atoms with E-state index in [9.17, 15) is 8.42 Å². The molecule has 2 atom stereocenters. The van der Waals surface area contributed by atoms with E-state index in [0.29, 0.717) is 23.9 Å². The van der Waals surface area contributed by atoms with E-state index in [-0.39, 0.29) is 10.8 Å². The second kappa shape index (κ2) is 5.69. The summed E-state index contributed by atoms with van der Waals surface area (Å²) in [5, 5.41) is 10.6. The van der Waals surface area contributed by atoms with Crippen LogP contribution in [0.2, 0.25) is 0 Å². The lowest BCUT2D eigenvalue weighted by molar-refractivity contribution is 0.282. The topological polar surface area (TPSA) is 66.4 Å². The SMILES string of the molecule is CC1CCCC1CNS(=O)(=O)c1cc(CO)cs1. The summed E-state index contributed by atoms with van der Waals surface area (Å²) in [5.41, 5.74) is 0.648. The Bertz CT molecular complexity index is 495. The van der Waals surface area contributed by atoms with Crippen molar-refractivity contribution in [3.05, 3.63) is 17.0 Å². The number of rotatable bonds is 5. The van der Waals surface area contributed by atoms with E-state index in [1.54, 1.807) is 5.38 Å². The molecule has 2 rings (SSSR count). The lowest BCUT2D eigenvalue weighted by Crippen LogP contribution is -2.29. The van der Waals surface area contributed by atoms with Crippen molar-refractivity contribution in [3.8, 4) is 0 Å². The number of aliphatic hydroxyl groups excluding tert-OH is 1. The normalized spacial score (nSPS) is 24.6. The van der Waals surface area contributed by atoms with Gasteiger partial charge in [-0.15, -0.1) is 11.3 Å². The maximum absolute atomic E-state index is 12.0. The molecule has 1 aliphatic carbocycles. The van der Waals surface area contributed by atoms with Crippen LogP contribution in [0.3, 0.4) is 0 Å². The minimum absolute atomic E-state index is 0.119. The number of aliphatic hydroxyl groups is 1. The molecular weight excluding hydrogens is 270 g/mol. The number of nitrogens with one attached hydrogen (secondary N) is 1. The highest BCUT2D eigenvalue weighted by Gasteiger charge is 2.25. The van der Waals surface area contributed by atoms with Crippen molar-refractivity contribution in [3.63, 3.8) is 0 Å². The van der Waals surface area contributed by atoms with Crippen LogP contribution in [0, 0.1) is 11.8 Å². The van der Waals surface area contributed by atoms with E-state index in [0.717, 1.165) is 17.8 Å². The maximum Gasteiger partial charge on any atom is 0.250 e. The van der Waals surface area contributed by atoms with Crippen molar-refractivity contribution in [1.82, 2.24) is 4.72 Å². The Morgan fingerprint density at radius 3 is 2.83 bits per heavy atom. The lowest BCUT2D eigenvalue weighted by Gasteiger charge is -2.15. The zero-order valence-electron chi connectivity index (χ0n) is 10.4. The highest BCUT2D eigenvalue weighted by Crippen LogP contribution is 2.31. The summed E-state index contributed by atoms with van der Waals surface area (Å²) >= 11 is 1.15. The first kappa shape index (κ1) is 14.0. The van der Waals surface area contributed by atoms with Gasteiger partial charge in [-0.2, -0.15) is 0 Å². The Labute approximate surface area is 112 Å². The monoisotopic (exact) mass is 289 g/mol. The largest absolute Gasteiger partial charge is 0.392 e. The van der Waals surface area contributed by atoms with Crippen LogP contribution in [0.4, 0.5) is 0 Å². The second-order valence-electron chi connectivity index (χ2n) is 4.95. The van der Waals surface area contributed by atoms with Crippen molar-refractivity contribution in [2.24, 2.45) is 11.8 Å². The van der Waals surface area contributed by atoms with Gasteiger partial charge in [-0.1, -0.05) is 19.8 Å². The average Bonchev–Trinajstić information content (AvgIpc) is 2.95. The molecule has 0 spiro atoms. The number of thiophene rings is 1. The van der Waals surface area contributed by atoms with Gasteiger partial charge in [0.15, 0.2) is 0 Å². The van der Waals surface area contributed by atoms with E-state index in [1.165, 1.54) is 18.9 Å². The third kappa shape index (κ3) is 3.12. The molecule has 18 heavy (non-hydrogen) atoms. The summed E-state index contributed by atoms with van der Waals surface area (Å²) in [5.74, 6) is 1.06. The van der Waals surface area contributed by atoms with Crippen LogP contribution in [0.5, 0.6) is 0 Å². The van der Waals surface area contributed by atoms with Crippen LogP contribution in [0.25, 0.3) is 0 Å². The molecular formula is C12H19NO3S2. The fourth-order valence-corrected chi connectivity index (χ4v) is 4.73.